The van der Waals surface area contributed by atoms with E-state index in [4.69, 9.17) is 11.6 Å². The van der Waals surface area contributed by atoms with Gasteiger partial charge in [-0.15, -0.1) is 11.3 Å². The molecule has 0 unspecified atom stereocenters. The number of nitrogens with one attached hydrogen (secondary N) is 1. The minimum absolute atomic E-state index is 0.844. The molecule has 0 aliphatic rings. The van der Waals surface area contributed by atoms with Crippen LogP contribution in [-0.4, -0.2) is 6.54 Å². The Balaban J connectivity index is 2.17. The summed E-state index contributed by atoms with van der Waals surface area (Å²) in [6, 6.07) is 8.50. The van der Waals surface area contributed by atoms with Gasteiger partial charge in [-0.05, 0) is 54.1 Å². The maximum Gasteiger partial charge on any atom is 0.0457 e. The Labute approximate surface area is 118 Å². The van der Waals surface area contributed by atoms with E-state index in [0.29, 0.717) is 0 Å². The first-order valence-corrected chi connectivity index (χ1v) is 7.51. The predicted octanol–water partition coefficient (Wildman–Crippen LogP) is 4.88. The molecule has 3 heteroatoms. The highest BCUT2D eigenvalue weighted by Gasteiger charge is 2.06. The van der Waals surface area contributed by atoms with Gasteiger partial charge in [0.05, 0.1) is 0 Å². The second kappa shape index (κ2) is 6.37. The van der Waals surface area contributed by atoms with Crippen LogP contribution in [0.25, 0.3) is 10.4 Å². The van der Waals surface area contributed by atoms with Gasteiger partial charge >= 0.3 is 0 Å². The molecule has 1 aromatic carbocycles. The van der Waals surface area contributed by atoms with Crippen molar-refractivity contribution in [2.45, 2.75) is 26.8 Å². The average Bonchev–Trinajstić information content (AvgIpc) is 2.78. The Bertz CT molecular complexity index is 519. The third-order valence-electron chi connectivity index (χ3n) is 2.92. The number of benzene rings is 1. The molecule has 0 fully saturated rings. The molecular weight excluding hydrogens is 262 g/mol. The number of hydrogen-bond donors (Lipinski definition) is 1. The summed E-state index contributed by atoms with van der Waals surface area (Å²) in [5, 5.41) is 6.35. The fourth-order valence-electron chi connectivity index (χ4n) is 1.90. The summed E-state index contributed by atoms with van der Waals surface area (Å²) in [5.41, 5.74) is 3.70. The molecule has 0 spiro atoms. The molecule has 2 aromatic rings. The van der Waals surface area contributed by atoms with Gasteiger partial charge in [0.25, 0.3) is 0 Å². The van der Waals surface area contributed by atoms with Crippen molar-refractivity contribution in [3.05, 3.63) is 45.8 Å². The highest BCUT2D eigenvalue weighted by atomic mass is 35.5. The highest BCUT2D eigenvalue weighted by Crippen LogP contribution is 2.31. The van der Waals surface area contributed by atoms with Crippen LogP contribution >= 0.6 is 22.9 Å². The summed E-state index contributed by atoms with van der Waals surface area (Å²) in [4.78, 5) is 1.31. The molecule has 18 heavy (non-hydrogen) atoms. The molecule has 2 rings (SSSR count). The van der Waals surface area contributed by atoms with Crippen molar-refractivity contribution in [2.75, 3.05) is 6.54 Å². The smallest absolute Gasteiger partial charge is 0.0457 e. The van der Waals surface area contributed by atoms with E-state index in [1.54, 1.807) is 11.3 Å². The lowest BCUT2D eigenvalue weighted by Crippen LogP contribution is -2.13. The SMILES string of the molecule is CCCNCc1ccc(-c2sccc2C)cc1Cl. The molecule has 0 aliphatic carbocycles. The summed E-state index contributed by atoms with van der Waals surface area (Å²) >= 11 is 8.11. The molecule has 0 radical (unpaired) electrons. The number of rotatable bonds is 5. The molecule has 1 N–H and O–H groups in total. The summed E-state index contributed by atoms with van der Waals surface area (Å²) in [6.07, 6.45) is 1.14. The first-order chi connectivity index (χ1) is 8.72. The van der Waals surface area contributed by atoms with Crippen molar-refractivity contribution in [1.29, 1.82) is 0 Å². The van der Waals surface area contributed by atoms with Gasteiger partial charge in [0, 0.05) is 16.4 Å². The van der Waals surface area contributed by atoms with Crippen LogP contribution in [0, 0.1) is 6.92 Å². The van der Waals surface area contributed by atoms with Gasteiger partial charge in [-0.3, -0.25) is 0 Å². The Hall–Kier alpha value is -0.830. The van der Waals surface area contributed by atoms with Crippen LogP contribution in [0.4, 0.5) is 0 Å². The first-order valence-electron chi connectivity index (χ1n) is 6.26. The van der Waals surface area contributed by atoms with Crippen molar-refractivity contribution in [3.8, 4) is 10.4 Å². The molecular formula is C15H18ClNS. The van der Waals surface area contributed by atoms with Crippen molar-refractivity contribution in [2.24, 2.45) is 0 Å². The van der Waals surface area contributed by atoms with Crippen LogP contribution in [0.2, 0.25) is 5.02 Å². The van der Waals surface area contributed by atoms with E-state index in [-0.39, 0.29) is 0 Å². The zero-order valence-electron chi connectivity index (χ0n) is 10.8. The average molecular weight is 280 g/mol. The van der Waals surface area contributed by atoms with Crippen molar-refractivity contribution >= 4 is 22.9 Å². The van der Waals surface area contributed by atoms with E-state index in [2.05, 4.69) is 48.8 Å². The molecule has 1 nitrogen and oxygen atoms in total. The van der Waals surface area contributed by atoms with Gasteiger partial charge in [-0.1, -0.05) is 30.7 Å². The second-order valence-corrected chi connectivity index (χ2v) is 5.74. The van der Waals surface area contributed by atoms with E-state index in [9.17, 15) is 0 Å². The lowest BCUT2D eigenvalue weighted by molar-refractivity contribution is 0.675. The zero-order valence-corrected chi connectivity index (χ0v) is 12.4. The number of hydrogen-bond acceptors (Lipinski definition) is 2. The fraction of sp³-hybridized carbons (Fsp3) is 0.333. The van der Waals surface area contributed by atoms with Crippen molar-refractivity contribution in [1.82, 2.24) is 5.32 Å². The van der Waals surface area contributed by atoms with Gasteiger partial charge in [-0.2, -0.15) is 0 Å². The van der Waals surface area contributed by atoms with Crippen LogP contribution in [0.3, 0.4) is 0 Å². The quantitative estimate of drug-likeness (QED) is 0.770. The van der Waals surface area contributed by atoms with Gasteiger partial charge < -0.3 is 5.32 Å². The Morgan fingerprint density at radius 1 is 1.28 bits per heavy atom. The van der Waals surface area contributed by atoms with Gasteiger partial charge in [0.15, 0.2) is 0 Å². The predicted molar refractivity (Wildman–Crippen MR) is 81.5 cm³/mol. The van der Waals surface area contributed by atoms with E-state index in [1.807, 2.05) is 0 Å². The number of aryl methyl sites for hydroxylation is 1. The second-order valence-electron chi connectivity index (χ2n) is 4.42. The molecule has 0 saturated carbocycles. The van der Waals surface area contributed by atoms with Crippen LogP contribution in [0.5, 0.6) is 0 Å². The summed E-state index contributed by atoms with van der Waals surface area (Å²) in [7, 11) is 0. The van der Waals surface area contributed by atoms with Crippen LogP contribution in [0.1, 0.15) is 24.5 Å². The fourth-order valence-corrected chi connectivity index (χ4v) is 3.07. The Kier molecular flexibility index (Phi) is 4.81. The van der Waals surface area contributed by atoms with Crippen LogP contribution in [-0.2, 0) is 6.54 Å². The normalized spacial score (nSPS) is 10.8. The third kappa shape index (κ3) is 3.14. The van der Waals surface area contributed by atoms with Crippen LogP contribution < -0.4 is 5.32 Å². The van der Waals surface area contributed by atoms with E-state index in [0.717, 1.165) is 24.5 Å². The minimum Gasteiger partial charge on any atom is -0.313 e. The van der Waals surface area contributed by atoms with E-state index < -0.39 is 0 Å². The monoisotopic (exact) mass is 279 g/mol. The van der Waals surface area contributed by atoms with E-state index >= 15 is 0 Å². The first kappa shape index (κ1) is 13.6. The molecule has 0 amide bonds. The summed E-state index contributed by atoms with van der Waals surface area (Å²) < 4.78 is 0. The molecule has 0 bridgehead atoms. The molecule has 0 saturated heterocycles. The van der Waals surface area contributed by atoms with Gasteiger partial charge in [0.2, 0.25) is 0 Å². The maximum absolute atomic E-state index is 6.34. The van der Waals surface area contributed by atoms with Gasteiger partial charge in [0.1, 0.15) is 0 Å². The Morgan fingerprint density at radius 2 is 2.11 bits per heavy atom. The standard InChI is InChI=1S/C15H18ClNS/c1-3-7-17-10-13-5-4-12(9-14(13)16)15-11(2)6-8-18-15/h4-6,8-9,17H,3,7,10H2,1-2H3. The summed E-state index contributed by atoms with van der Waals surface area (Å²) in [5.74, 6) is 0. The minimum atomic E-state index is 0.844. The van der Waals surface area contributed by atoms with E-state index in [1.165, 1.54) is 21.6 Å². The molecule has 96 valence electrons. The third-order valence-corrected chi connectivity index (χ3v) is 4.34. The largest absolute Gasteiger partial charge is 0.313 e. The molecule has 1 heterocycles. The maximum atomic E-state index is 6.34. The Morgan fingerprint density at radius 3 is 2.72 bits per heavy atom. The highest BCUT2D eigenvalue weighted by molar-refractivity contribution is 7.13. The van der Waals surface area contributed by atoms with Crippen molar-refractivity contribution < 1.29 is 0 Å². The number of halogens is 1. The zero-order chi connectivity index (χ0) is 13.0. The van der Waals surface area contributed by atoms with Gasteiger partial charge in [-0.25, -0.2) is 0 Å². The molecule has 1 aromatic heterocycles. The molecule has 0 aliphatic heterocycles. The van der Waals surface area contributed by atoms with Crippen molar-refractivity contribution in [3.63, 3.8) is 0 Å². The topological polar surface area (TPSA) is 12.0 Å². The molecule has 0 atom stereocenters. The lowest BCUT2D eigenvalue weighted by Gasteiger charge is -2.08. The number of thiophene rings is 1. The van der Waals surface area contributed by atoms with Crippen LogP contribution in [0.15, 0.2) is 29.6 Å². The summed E-state index contributed by atoms with van der Waals surface area (Å²) in [6.45, 7) is 6.17. The lowest BCUT2D eigenvalue weighted by atomic mass is 10.1.